The quantitative estimate of drug-likeness (QED) is 0.811. The van der Waals surface area contributed by atoms with Gasteiger partial charge in [0.1, 0.15) is 0 Å². The van der Waals surface area contributed by atoms with Gasteiger partial charge in [-0.15, -0.1) is 0 Å². The fourth-order valence-electron chi connectivity index (χ4n) is 1.48. The van der Waals surface area contributed by atoms with Crippen molar-refractivity contribution in [3.63, 3.8) is 0 Å². The molecule has 0 fully saturated rings. The maximum absolute atomic E-state index is 11.3. The summed E-state index contributed by atoms with van der Waals surface area (Å²) in [5.74, 6) is -0.256. The van der Waals surface area contributed by atoms with Crippen LogP contribution in [-0.2, 0) is 16.0 Å². The van der Waals surface area contributed by atoms with E-state index in [1.807, 2.05) is 18.2 Å². The highest BCUT2D eigenvalue weighted by atomic mass is 16.5. The first-order valence-electron chi connectivity index (χ1n) is 5.40. The minimum Gasteiger partial charge on any atom is -0.466 e. The van der Waals surface area contributed by atoms with Gasteiger partial charge in [-0.25, -0.2) is 0 Å². The number of ether oxygens (including phenoxy) is 1. The molecule has 0 aliphatic heterocycles. The van der Waals surface area contributed by atoms with E-state index in [-0.39, 0.29) is 12.4 Å². The lowest BCUT2D eigenvalue weighted by molar-refractivity contribution is -0.142. The third kappa shape index (κ3) is 2.90. The van der Waals surface area contributed by atoms with Crippen LogP contribution in [0, 0.1) is 0 Å². The number of pyridine rings is 1. The summed E-state index contributed by atoms with van der Waals surface area (Å²) in [5, 5.41) is 6.94. The molecule has 0 saturated carbocycles. The lowest BCUT2D eigenvalue weighted by Gasteiger charge is -1.98. The Balaban J connectivity index is 2.09. The van der Waals surface area contributed by atoms with Crippen LogP contribution in [0.25, 0.3) is 11.3 Å². The van der Waals surface area contributed by atoms with E-state index in [0.717, 1.165) is 17.0 Å². The molecule has 0 aliphatic carbocycles. The highest BCUT2D eigenvalue weighted by Gasteiger charge is 2.08. The summed E-state index contributed by atoms with van der Waals surface area (Å²) in [6.45, 7) is 2.17. The number of aromatic amines is 1. The zero-order valence-corrected chi connectivity index (χ0v) is 9.51. The average molecular weight is 231 g/mol. The molecular formula is C12H13N3O2. The van der Waals surface area contributed by atoms with Crippen molar-refractivity contribution in [3.05, 3.63) is 36.3 Å². The second-order valence-electron chi connectivity index (χ2n) is 3.50. The molecule has 0 radical (unpaired) electrons. The van der Waals surface area contributed by atoms with E-state index < -0.39 is 0 Å². The molecule has 5 nitrogen and oxygen atoms in total. The molecule has 2 heterocycles. The Morgan fingerprint density at radius 2 is 2.41 bits per heavy atom. The summed E-state index contributed by atoms with van der Waals surface area (Å²) in [6.07, 6.45) is 3.64. The lowest BCUT2D eigenvalue weighted by atomic mass is 10.2. The zero-order valence-electron chi connectivity index (χ0n) is 9.51. The molecule has 0 amide bonds. The number of H-pyrrole nitrogens is 1. The molecule has 0 atom stereocenters. The Kier molecular flexibility index (Phi) is 3.49. The molecule has 88 valence electrons. The summed E-state index contributed by atoms with van der Waals surface area (Å²) in [6, 6.07) is 5.58. The van der Waals surface area contributed by atoms with E-state index in [9.17, 15) is 4.79 Å². The molecule has 0 bridgehead atoms. The highest BCUT2D eigenvalue weighted by Crippen LogP contribution is 2.16. The van der Waals surface area contributed by atoms with E-state index >= 15 is 0 Å². The minimum atomic E-state index is -0.256. The second-order valence-corrected chi connectivity index (χ2v) is 3.50. The molecule has 0 saturated heterocycles. The number of hydrogen-bond acceptors (Lipinski definition) is 4. The van der Waals surface area contributed by atoms with Crippen LogP contribution in [0.4, 0.5) is 0 Å². The highest BCUT2D eigenvalue weighted by molar-refractivity contribution is 5.72. The standard InChI is InChI=1S/C12H13N3O2/c1-2-17-12(16)7-10-6-11(15-14-10)9-4-3-5-13-8-9/h3-6,8H,2,7H2,1H3,(H,14,15). The summed E-state index contributed by atoms with van der Waals surface area (Å²) < 4.78 is 4.86. The molecule has 2 rings (SSSR count). The molecular weight excluding hydrogens is 218 g/mol. The summed E-state index contributed by atoms with van der Waals surface area (Å²) >= 11 is 0. The molecule has 2 aromatic heterocycles. The van der Waals surface area contributed by atoms with Crippen LogP contribution >= 0.6 is 0 Å². The number of carbonyl (C=O) groups excluding carboxylic acids is 1. The predicted molar refractivity (Wildman–Crippen MR) is 62.2 cm³/mol. The first kappa shape index (κ1) is 11.3. The number of nitrogens with one attached hydrogen (secondary N) is 1. The van der Waals surface area contributed by atoms with Crippen molar-refractivity contribution < 1.29 is 9.53 Å². The smallest absolute Gasteiger partial charge is 0.311 e. The van der Waals surface area contributed by atoms with Gasteiger partial charge in [-0.1, -0.05) is 0 Å². The second kappa shape index (κ2) is 5.25. The number of carbonyl (C=O) groups is 1. The number of hydrogen-bond donors (Lipinski definition) is 1. The van der Waals surface area contributed by atoms with Crippen molar-refractivity contribution in [2.45, 2.75) is 13.3 Å². The first-order chi connectivity index (χ1) is 8.29. The van der Waals surface area contributed by atoms with Crippen molar-refractivity contribution >= 4 is 5.97 Å². The van der Waals surface area contributed by atoms with Gasteiger partial charge in [0.05, 0.1) is 18.7 Å². The average Bonchev–Trinajstić information content (AvgIpc) is 2.79. The van der Waals surface area contributed by atoms with Crippen LogP contribution in [0.2, 0.25) is 0 Å². The van der Waals surface area contributed by atoms with Crippen molar-refractivity contribution in [2.75, 3.05) is 6.61 Å². The molecule has 0 unspecified atom stereocenters. The van der Waals surface area contributed by atoms with Gasteiger partial charge in [-0.05, 0) is 25.1 Å². The van der Waals surface area contributed by atoms with Crippen LogP contribution in [-0.4, -0.2) is 27.8 Å². The Labute approximate surface area is 98.8 Å². The van der Waals surface area contributed by atoms with Crippen LogP contribution in [0.5, 0.6) is 0 Å². The fraction of sp³-hybridized carbons (Fsp3) is 0.250. The van der Waals surface area contributed by atoms with Gasteiger partial charge in [0.15, 0.2) is 0 Å². The van der Waals surface area contributed by atoms with E-state index in [1.165, 1.54) is 0 Å². The van der Waals surface area contributed by atoms with Crippen LogP contribution in [0.3, 0.4) is 0 Å². The number of rotatable bonds is 4. The van der Waals surface area contributed by atoms with E-state index in [2.05, 4.69) is 15.2 Å². The monoisotopic (exact) mass is 231 g/mol. The van der Waals surface area contributed by atoms with Crippen LogP contribution in [0.1, 0.15) is 12.6 Å². The molecule has 0 aromatic carbocycles. The van der Waals surface area contributed by atoms with Gasteiger partial charge in [0.2, 0.25) is 0 Å². The van der Waals surface area contributed by atoms with Crippen LogP contribution < -0.4 is 0 Å². The lowest BCUT2D eigenvalue weighted by Crippen LogP contribution is -2.07. The Morgan fingerprint density at radius 1 is 1.53 bits per heavy atom. The van der Waals surface area contributed by atoms with Crippen molar-refractivity contribution in [3.8, 4) is 11.3 Å². The van der Waals surface area contributed by atoms with Crippen molar-refractivity contribution in [1.29, 1.82) is 0 Å². The molecule has 0 spiro atoms. The largest absolute Gasteiger partial charge is 0.466 e. The van der Waals surface area contributed by atoms with Gasteiger partial charge in [-0.2, -0.15) is 5.10 Å². The van der Waals surface area contributed by atoms with Crippen LogP contribution in [0.15, 0.2) is 30.6 Å². The number of nitrogens with zero attached hydrogens (tertiary/aromatic N) is 2. The van der Waals surface area contributed by atoms with E-state index in [4.69, 9.17) is 4.74 Å². The summed E-state index contributed by atoms with van der Waals surface area (Å²) in [5.41, 5.74) is 2.43. The first-order valence-corrected chi connectivity index (χ1v) is 5.40. The Bertz CT molecular complexity index is 493. The summed E-state index contributed by atoms with van der Waals surface area (Å²) in [7, 11) is 0. The molecule has 1 N–H and O–H groups in total. The molecule has 5 heteroatoms. The predicted octanol–water partition coefficient (Wildman–Crippen LogP) is 1.58. The fourth-order valence-corrected chi connectivity index (χ4v) is 1.48. The van der Waals surface area contributed by atoms with E-state index in [1.54, 1.807) is 19.3 Å². The zero-order chi connectivity index (χ0) is 12.1. The van der Waals surface area contributed by atoms with E-state index in [0.29, 0.717) is 6.61 Å². The maximum atomic E-state index is 11.3. The number of aromatic nitrogens is 3. The van der Waals surface area contributed by atoms with Crippen molar-refractivity contribution in [1.82, 2.24) is 15.2 Å². The normalized spacial score (nSPS) is 10.2. The van der Waals surface area contributed by atoms with Gasteiger partial charge < -0.3 is 4.74 Å². The molecule has 17 heavy (non-hydrogen) atoms. The molecule has 0 aliphatic rings. The molecule has 2 aromatic rings. The minimum absolute atomic E-state index is 0.209. The van der Waals surface area contributed by atoms with Gasteiger partial charge in [-0.3, -0.25) is 14.9 Å². The topological polar surface area (TPSA) is 67.9 Å². The van der Waals surface area contributed by atoms with Gasteiger partial charge in [0.25, 0.3) is 0 Å². The summed E-state index contributed by atoms with van der Waals surface area (Å²) in [4.78, 5) is 15.3. The SMILES string of the molecule is CCOC(=O)Cc1cc(-c2cccnc2)n[nH]1. The van der Waals surface area contributed by atoms with Crippen molar-refractivity contribution in [2.24, 2.45) is 0 Å². The Morgan fingerprint density at radius 3 is 3.12 bits per heavy atom. The maximum Gasteiger partial charge on any atom is 0.311 e. The van der Waals surface area contributed by atoms with Gasteiger partial charge in [0, 0.05) is 23.7 Å². The third-order valence-electron chi connectivity index (χ3n) is 2.23. The third-order valence-corrected chi connectivity index (χ3v) is 2.23. The number of esters is 1. The Hall–Kier alpha value is -2.17. The van der Waals surface area contributed by atoms with Gasteiger partial charge >= 0.3 is 5.97 Å².